The van der Waals surface area contributed by atoms with E-state index in [1.807, 2.05) is 13.8 Å². The van der Waals surface area contributed by atoms with Gasteiger partial charge in [-0.15, -0.1) is 6.42 Å². The first-order valence-corrected chi connectivity index (χ1v) is 5.91. The van der Waals surface area contributed by atoms with Crippen LogP contribution < -0.4 is 5.32 Å². The Morgan fingerprint density at radius 2 is 2.26 bits per heavy atom. The van der Waals surface area contributed by atoms with Gasteiger partial charge in [0.1, 0.15) is 18.3 Å². The molecule has 102 valence electrons. The van der Waals surface area contributed by atoms with Gasteiger partial charge in [0, 0.05) is 0 Å². The number of nitrogens with zero attached hydrogens (tertiary/aromatic N) is 3. The van der Waals surface area contributed by atoms with Gasteiger partial charge in [-0.1, -0.05) is 19.8 Å². The lowest BCUT2D eigenvalue weighted by Gasteiger charge is -2.26. The molecule has 0 aromatic carbocycles. The number of imidazole rings is 1. The maximum Gasteiger partial charge on any atom is 0.381 e. The van der Waals surface area contributed by atoms with Crippen LogP contribution >= 0.6 is 0 Å². The lowest BCUT2D eigenvalue weighted by Crippen LogP contribution is -2.47. The predicted octanol–water partition coefficient (Wildman–Crippen LogP) is 1.10. The van der Waals surface area contributed by atoms with E-state index < -0.39 is 10.5 Å². The van der Waals surface area contributed by atoms with Crippen molar-refractivity contribution in [3.8, 4) is 12.3 Å². The minimum atomic E-state index is -0.663. The molecule has 1 amide bonds. The number of hydrogen-bond donors (Lipinski definition) is 1. The summed E-state index contributed by atoms with van der Waals surface area (Å²) in [6, 6.07) is 0. The van der Waals surface area contributed by atoms with Gasteiger partial charge in [-0.25, -0.2) is 0 Å². The number of hydrogen-bond acceptors (Lipinski definition) is 4. The van der Waals surface area contributed by atoms with Crippen LogP contribution in [0.1, 0.15) is 26.7 Å². The van der Waals surface area contributed by atoms with Gasteiger partial charge in [0.05, 0.1) is 0 Å². The Hall–Kier alpha value is -2.36. The number of amides is 1. The second-order valence-electron chi connectivity index (χ2n) is 4.14. The molecule has 1 rings (SSSR count). The van der Waals surface area contributed by atoms with Crippen molar-refractivity contribution in [2.24, 2.45) is 0 Å². The highest BCUT2D eigenvalue weighted by Crippen LogP contribution is 2.13. The van der Waals surface area contributed by atoms with Gasteiger partial charge >= 0.3 is 5.82 Å². The molecule has 0 fully saturated rings. The SMILES string of the molecule is C#CC(CC)(CC)NC(=O)Cn1cnc([N+](=O)[O-])c1. The summed E-state index contributed by atoms with van der Waals surface area (Å²) < 4.78 is 1.35. The highest BCUT2D eigenvalue weighted by atomic mass is 16.6. The van der Waals surface area contributed by atoms with Crippen LogP contribution in [0.2, 0.25) is 0 Å². The van der Waals surface area contributed by atoms with Gasteiger partial charge in [-0.2, -0.15) is 0 Å². The van der Waals surface area contributed by atoms with E-state index in [0.717, 1.165) is 0 Å². The van der Waals surface area contributed by atoms with Crippen molar-refractivity contribution >= 4 is 11.7 Å². The van der Waals surface area contributed by atoms with Crippen LogP contribution in [-0.2, 0) is 11.3 Å². The van der Waals surface area contributed by atoms with Crippen LogP contribution in [0.3, 0.4) is 0 Å². The molecule has 7 heteroatoms. The quantitative estimate of drug-likeness (QED) is 0.473. The van der Waals surface area contributed by atoms with Gasteiger partial charge < -0.3 is 20.0 Å². The molecular weight excluding hydrogens is 248 g/mol. The Morgan fingerprint density at radius 3 is 2.68 bits per heavy atom. The molecular formula is C12H16N4O3. The molecule has 1 aromatic heterocycles. The van der Waals surface area contributed by atoms with E-state index in [2.05, 4.69) is 16.2 Å². The van der Waals surface area contributed by atoms with Crippen molar-refractivity contribution in [3.63, 3.8) is 0 Å². The molecule has 0 aliphatic heterocycles. The average Bonchev–Trinajstić information content (AvgIpc) is 2.84. The van der Waals surface area contributed by atoms with E-state index in [1.165, 1.54) is 17.1 Å². The molecule has 0 radical (unpaired) electrons. The molecule has 7 nitrogen and oxygen atoms in total. The van der Waals surface area contributed by atoms with Crippen molar-refractivity contribution in [2.75, 3.05) is 0 Å². The fourth-order valence-electron chi connectivity index (χ4n) is 1.67. The molecule has 0 atom stereocenters. The molecule has 1 heterocycles. The van der Waals surface area contributed by atoms with Crippen LogP contribution in [0.4, 0.5) is 5.82 Å². The normalized spacial score (nSPS) is 10.8. The zero-order valence-corrected chi connectivity index (χ0v) is 10.9. The molecule has 0 saturated carbocycles. The fraction of sp³-hybridized carbons (Fsp3) is 0.500. The zero-order chi connectivity index (χ0) is 14.5. The lowest BCUT2D eigenvalue weighted by molar-refractivity contribution is -0.389. The van der Waals surface area contributed by atoms with Gasteiger partial charge in [-0.3, -0.25) is 4.79 Å². The topological polar surface area (TPSA) is 90.1 Å². The molecule has 19 heavy (non-hydrogen) atoms. The molecule has 0 unspecified atom stereocenters. The van der Waals surface area contributed by atoms with Crippen molar-refractivity contribution in [1.82, 2.24) is 14.9 Å². The van der Waals surface area contributed by atoms with E-state index in [1.54, 1.807) is 0 Å². The van der Waals surface area contributed by atoms with Crippen LogP contribution in [0, 0.1) is 22.5 Å². The van der Waals surface area contributed by atoms with Gasteiger partial charge in [0.25, 0.3) is 0 Å². The summed E-state index contributed by atoms with van der Waals surface area (Å²) in [5, 5.41) is 13.2. The summed E-state index contributed by atoms with van der Waals surface area (Å²) >= 11 is 0. The Balaban J connectivity index is 2.69. The summed E-state index contributed by atoms with van der Waals surface area (Å²) in [6.07, 6.45) is 9.13. The monoisotopic (exact) mass is 264 g/mol. The van der Waals surface area contributed by atoms with Gasteiger partial charge in [-0.05, 0) is 22.7 Å². The highest BCUT2D eigenvalue weighted by Gasteiger charge is 2.25. The Bertz CT molecular complexity index is 511. The molecule has 0 spiro atoms. The van der Waals surface area contributed by atoms with Crippen molar-refractivity contribution in [1.29, 1.82) is 0 Å². The third-order valence-corrected chi connectivity index (χ3v) is 2.99. The van der Waals surface area contributed by atoms with E-state index in [9.17, 15) is 14.9 Å². The first-order chi connectivity index (χ1) is 8.96. The number of rotatable bonds is 6. The second-order valence-corrected chi connectivity index (χ2v) is 4.14. The number of carbonyl (C=O) groups is 1. The summed E-state index contributed by atoms with van der Waals surface area (Å²) in [7, 11) is 0. The molecule has 0 aliphatic carbocycles. The number of nitrogens with one attached hydrogen (secondary N) is 1. The van der Waals surface area contributed by atoms with E-state index in [-0.39, 0.29) is 18.3 Å². The van der Waals surface area contributed by atoms with Crippen LogP contribution in [-0.4, -0.2) is 25.9 Å². The predicted molar refractivity (Wildman–Crippen MR) is 69.2 cm³/mol. The average molecular weight is 264 g/mol. The maximum atomic E-state index is 11.9. The smallest absolute Gasteiger partial charge is 0.358 e. The van der Waals surface area contributed by atoms with E-state index >= 15 is 0 Å². The summed E-state index contributed by atoms with van der Waals surface area (Å²) in [5.41, 5.74) is -0.663. The van der Waals surface area contributed by atoms with Crippen LogP contribution in [0.15, 0.2) is 12.5 Å². The highest BCUT2D eigenvalue weighted by molar-refractivity contribution is 5.77. The molecule has 0 saturated heterocycles. The maximum absolute atomic E-state index is 11.9. The summed E-state index contributed by atoms with van der Waals surface area (Å²) in [4.78, 5) is 25.3. The molecule has 0 bridgehead atoms. The van der Waals surface area contributed by atoms with Gasteiger partial charge in [0.2, 0.25) is 12.2 Å². The zero-order valence-electron chi connectivity index (χ0n) is 10.9. The number of aromatic nitrogens is 2. The first kappa shape index (κ1) is 14.7. The molecule has 0 aliphatic rings. The standard InChI is InChI=1S/C12H16N4O3/c1-4-12(5-2,6-3)14-11(17)8-15-7-10(13-9-15)16(18)19/h1,7,9H,5-6,8H2,2-3H3,(H,14,17). The van der Waals surface area contributed by atoms with Crippen LogP contribution in [0.25, 0.3) is 0 Å². The third kappa shape index (κ3) is 3.55. The summed E-state index contributed by atoms with van der Waals surface area (Å²) in [6.45, 7) is 3.74. The van der Waals surface area contributed by atoms with Crippen molar-refractivity contribution in [2.45, 2.75) is 38.8 Å². The van der Waals surface area contributed by atoms with Crippen LogP contribution in [0.5, 0.6) is 0 Å². The van der Waals surface area contributed by atoms with Crippen molar-refractivity contribution < 1.29 is 9.72 Å². The van der Waals surface area contributed by atoms with E-state index in [0.29, 0.717) is 12.8 Å². The molecule has 1 aromatic rings. The third-order valence-electron chi connectivity index (χ3n) is 2.99. The Labute approximate surface area is 111 Å². The van der Waals surface area contributed by atoms with Crippen molar-refractivity contribution in [3.05, 3.63) is 22.6 Å². The Morgan fingerprint density at radius 1 is 1.63 bits per heavy atom. The van der Waals surface area contributed by atoms with E-state index in [4.69, 9.17) is 6.42 Å². The number of nitro groups is 1. The number of terminal acetylenes is 1. The largest absolute Gasteiger partial charge is 0.381 e. The molecule has 1 N–H and O–H groups in total. The second kappa shape index (κ2) is 6.00. The minimum Gasteiger partial charge on any atom is -0.358 e. The lowest BCUT2D eigenvalue weighted by atomic mass is 9.94. The Kier molecular flexibility index (Phi) is 4.64. The summed E-state index contributed by atoms with van der Waals surface area (Å²) in [5.74, 6) is 2.00. The first-order valence-electron chi connectivity index (χ1n) is 5.91. The number of carbonyl (C=O) groups excluding carboxylic acids is 1. The minimum absolute atomic E-state index is 0.0513. The van der Waals surface area contributed by atoms with Gasteiger partial charge in [0.15, 0.2) is 0 Å². The fourth-order valence-corrected chi connectivity index (χ4v) is 1.67.